The molecule has 9 nitrogen and oxygen atoms in total. The average Bonchev–Trinajstić information content (AvgIpc) is 3.00. The number of hydrogen-bond acceptors (Lipinski definition) is 8. The van der Waals surface area contributed by atoms with Crippen molar-refractivity contribution < 1.29 is 28.6 Å². The molecule has 0 aromatic heterocycles. The first-order valence-electron chi connectivity index (χ1n) is 10.4. The van der Waals surface area contributed by atoms with E-state index in [9.17, 15) is 19.6 Å². The molecule has 0 unspecified atom stereocenters. The molecule has 33 heavy (non-hydrogen) atoms. The Bertz CT molecular complexity index is 1140. The number of nitrogens with two attached hydrogens (primary N) is 1. The fourth-order valence-corrected chi connectivity index (χ4v) is 4.12. The zero-order valence-corrected chi connectivity index (χ0v) is 18.8. The first-order chi connectivity index (χ1) is 15.7. The number of hydrogen-bond donors (Lipinski definition) is 1. The number of fused-ring (bicyclic) bond motifs is 2. The lowest BCUT2D eigenvalue weighted by Crippen LogP contribution is -2.48. The van der Waals surface area contributed by atoms with Crippen LogP contribution in [0, 0.1) is 11.3 Å². The van der Waals surface area contributed by atoms with Gasteiger partial charge in [-0.15, -0.1) is 0 Å². The number of nitrogens with zero attached hydrogens (tertiary/aromatic N) is 2. The molecule has 1 spiro atoms. The zero-order valence-electron chi connectivity index (χ0n) is 18.8. The number of rotatable bonds is 7. The molecular weight excluding hydrogens is 426 g/mol. The lowest BCUT2D eigenvalue weighted by atomic mass is 9.68. The molecule has 1 amide bonds. The third kappa shape index (κ3) is 3.74. The summed E-state index contributed by atoms with van der Waals surface area (Å²) in [5, 5.41) is 9.98. The largest absolute Gasteiger partial charge is 0.459 e. The lowest BCUT2D eigenvalue weighted by molar-refractivity contribution is -0.148. The monoisotopic (exact) mass is 451 g/mol. The highest BCUT2D eigenvalue weighted by atomic mass is 16.6. The third-order valence-corrected chi connectivity index (χ3v) is 5.44. The van der Waals surface area contributed by atoms with Crippen molar-refractivity contribution in [1.29, 1.82) is 5.26 Å². The Balaban J connectivity index is 2.07. The minimum absolute atomic E-state index is 0.0527. The molecule has 2 heterocycles. The third-order valence-electron chi connectivity index (χ3n) is 5.44. The molecule has 9 heteroatoms. The Kier molecular flexibility index (Phi) is 6.58. The van der Waals surface area contributed by atoms with Gasteiger partial charge >= 0.3 is 11.9 Å². The highest BCUT2D eigenvalue weighted by molar-refractivity contribution is 6.18. The Morgan fingerprint density at radius 3 is 2.58 bits per heavy atom. The number of para-hydroxylation sites is 1. The Labute approximate surface area is 191 Å². The molecular formula is C24H25N3O6. The molecule has 172 valence electrons. The number of anilines is 1. The van der Waals surface area contributed by atoms with E-state index in [4.69, 9.17) is 19.9 Å². The van der Waals surface area contributed by atoms with Crippen molar-refractivity contribution in [3.05, 3.63) is 64.8 Å². The van der Waals surface area contributed by atoms with Crippen LogP contribution in [0.2, 0.25) is 0 Å². The Hall–Kier alpha value is -4.06. The predicted octanol–water partition coefficient (Wildman–Crippen LogP) is 2.34. The molecule has 0 bridgehead atoms. The van der Waals surface area contributed by atoms with Crippen molar-refractivity contribution in [1.82, 2.24) is 0 Å². The molecule has 3 rings (SSSR count). The van der Waals surface area contributed by atoms with Gasteiger partial charge in [0.15, 0.2) is 5.41 Å². The number of carbonyl (C=O) groups is 3. The van der Waals surface area contributed by atoms with E-state index in [0.29, 0.717) is 24.2 Å². The lowest BCUT2D eigenvalue weighted by Gasteiger charge is -2.34. The summed E-state index contributed by atoms with van der Waals surface area (Å²) in [7, 11) is 0. The number of nitriles is 1. The van der Waals surface area contributed by atoms with E-state index in [-0.39, 0.29) is 41.6 Å². The smallest absolute Gasteiger partial charge is 0.339 e. The standard InChI is InChI=1S/C24H25N3O6/c1-5-10-27-18-9-7-6-8-16(18)24(23(27)30)17(13-25)20(26)33-15(4)19(24)22(29)32-12-11-31-21(28)14(2)3/h6-9H,2,5,10-12,26H2,1,3-4H3/t24-/m0/s1. The molecule has 0 saturated carbocycles. The second-order valence-corrected chi connectivity index (χ2v) is 7.66. The van der Waals surface area contributed by atoms with E-state index in [1.165, 1.54) is 13.8 Å². The molecule has 1 aromatic carbocycles. The summed E-state index contributed by atoms with van der Waals surface area (Å²) in [6.45, 7) is 8.30. The van der Waals surface area contributed by atoms with Crippen LogP contribution in [0.1, 0.15) is 32.8 Å². The Morgan fingerprint density at radius 1 is 1.27 bits per heavy atom. The number of allylic oxidation sites excluding steroid dienone is 1. The van der Waals surface area contributed by atoms with Gasteiger partial charge in [0, 0.05) is 23.4 Å². The van der Waals surface area contributed by atoms with Crippen molar-refractivity contribution in [2.75, 3.05) is 24.7 Å². The van der Waals surface area contributed by atoms with E-state index < -0.39 is 23.3 Å². The summed E-state index contributed by atoms with van der Waals surface area (Å²) in [6, 6.07) is 8.92. The van der Waals surface area contributed by atoms with Crippen LogP contribution in [-0.4, -0.2) is 37.6 Å². The molecule has 0 radical (unpaired) electrons. The number of benzene rings is 1. The molecule has 2 aliphatic rings. The highest BCUT2D eigenvalue weighted by Crippen LogP contribution is 2.54. The van der Waals surface area contributed by atoms with Gasteiger partial charge in [0.2, 0.25) is 11.8 Å². The average molecular weight is 451 g/mol. The first-order valence-corrected chi connectivity index (χ1v) is 10.4. The molecule has 2 N–H and O–H groups in total. The van der Waals surface area contributed by atoms with Gasteiger partial charge in [-0.3, -0.25) is 4.79 Å². The number of carbonyl (C=O) groups excluding carboxylic acids is 3. The van der Waals surface area contributed by atoms with Gasteiger partial charge in [0.1, 0.15) is 36.2 Å². The van der Waals surface area contributed by atoms with Gasteiger partial charge in [-0.2, -0.15) is 5.26 Å². The molecule has 0 saturated heterocycles. The molecule has 1 atom stereocenters. The Morgan fingerprint density at radius 2 is 1.94 bits per heavy atom. The highest BCUT2D eigenvalue weighted by Gasteiger charge is 2.61. The van der Waals surface area contributed by atoms with E-state index in [2.05, 4.69) is 6.58 Å². The van der Waals surface area contributed by atoms with Crippen LogP contribution in [0.25, 0.3) is 0 Å². The van der Waals surface area contributed by atoms with Crippen LogP contribution < -0.4 is 10.6 Å². The van der Waals surface area contributed by atoms with E-state index >= 15 is 0 Å². The van der Waals surface area contributed by atoms with Crippen molar-refractivity contribution in [2.45, 2.75) is 32.6 Å². The number of amides is 1. The maximum absolute atomic E-state index is 13.9. The van der Waals surface area contributed by atoms with Crippen LogP contribution in [0.4, 0.5) is 5.69 Å². The quantitative estimate of drug-likeness (QED) is 0.380. The van der Waals surface area contributed by atoms with E-state index in [1.54, 1.807) is 29.2 Å². The van der Waals surface area contributed by atoms with Crippen LogP contribution in [0.15, 0.2) is 59.2 Å². The van der Waals surface area contributed by atoms with Gasteiger partial charge in [-0.05, 0) is 26.3 Å². The second-order valence-electron chi connectivity index (χ2n) is 7.66. The predicted molar refractivity (Wildman–Crippen MR) is 118 cm³/mol. The number of esters is 2. The van der Waals surface area contributed by atoms with Crippen LogP contribution in [0.3, 0.4) is 0 Å². The topological polar surface area (TPSA) is 132 Å². The van der Waals surface area contributed by atoms with Gasteiger partial charge in [-0.1, -0.05) is 31.7 Å². The second kappa shape index (κ2) is 9.20. The van der Waals surface area contributed by atoms with E-state index in [1.807, 2.05) is 13.0 Å². The summed E-state index contributed by atoms with van der Waals surface area (Å²) in [4.78, 5) is 40.3. The maximum atomic E-state index is 13.9. The molecule has 0 aliphatic carbocycles. The van der Waals surface area contributed by atoms with E-state index in [0.717, 1.165) is 0 Å². The summed E-state index contributed by atoms with van der Waals surface area (Å²) in [6.07, 6.45) is 0.657. The molecule has 2 aliphatic heterocycles. The molecule has 0 fully saturated rings. The maximum Gasteiger partial charge on any atom is 0.339 e. The summed E-state index contributed by atoms with van der Waals surface area (Å²) >= 11 is 0. The van der Waals surface area contributed by atoms with Crippen molar-refractivity contribution in [3.63, 3.8) is 0 Å². The van der Waals surface area contributed by atoms with Gasteiger partial charge in [0.05, 0.1) is 0 Å². The van der Waals surface area contributed by atoms with Gasteiger partial charge < -0.3 is 24.8 Å². The minimum Gasteiger partial charge on any atom is -0.459 e. The zero-order chi connectivity index (χ0) is 24.3. The number of ether oxygens (including phenoxy) is 3. The fourth-order valence-electron chi connectivity index (χ4n) is 4.12. The summed E-state index contributed by atoms with van der Waals surface area (Å²) < 4.78 is 15.8. The normalized spacial score (nSPS) is 19.2. The van der Waals surface area contributed by atoms with Crippen molar-refractivity contribution >= 4 is 23.5 Å². The van der Waals surface area contributed by atoms with Crippen LogP contribution >= 0.6 is 0 Å². The fraction of sp³-hybridized carbons (Fsp3) is 0.333. The summed E-state index contributed by atoms with van der Waals surface area (Å²) in [5.74, 6) is -2.16. The van der Waals surface area contributed by atoms with Gasteiger partial charge in [-0.25, -0.2) is 9.59 Å². The first kappa shape index (κ1) is 23.6. The van der Waals surface area contributed by atoms with Crippen LogP contribution in [-0.2, 0) is 34.0 Å². The van der Waals surface area contributed by atoms with Gasteiger partial charge in [0.25, 0.3) is 0 Å². The SMILES string of the molecule is C=C(C)C(=O)OCCOC(=O)C1=C(C)OC(N)=C(C#N)[C@]12C(=O)N(CCC)c1ccccc12. The minimum atomic E-state index is -1.79. The van der Waals surface area contributed by atoms with Crippen LogP contribution in [0.5, 0.6) is 0 Å². The summed E-state index contributed by atoms with van der Waals surface area (Å²) in [5.41, 5.74) is 5.18. The molecule has 1 aromatic rings. The van der Waals surface area contributed by atoms with Crippen molar-refractivity contribution in [3.8, 4) is 6.07 Å². The van der Waals surface area contributed by atoms with Crippen molar-refractivity contribution in [2.24, 2.45) is 5.73 Å².